The van der Waals surface area contributed by atoms with Crippen LogP contribution in [0.5, 0.6) is 0 Å². The van der Waals surface area contributed by atoms with Gasteiger partial charge in [-0.25, -0.2) is 9.97 Å². The molecule has 3 aromatic heterocycles. The van der Waals surface area contributed by atoms with E-state index in [1.165, 1.54) is 16.0 Å². The third kappa shape index (κ3) is 2.72. The number of anilines is 1. The molecule has 0 radical (unpaired) electrons. The average molecular weight is 340 g/mol. The normalized spacial score (nSPS) is 15.8. The highest BCUT2D eigenvalue weighted by Gasteiger charge is 2.18. The van der Waals surface area contributed by atoms with E-state index in [1.54, 1.807) is 17.6 Å². The van der Waals surface area contributed by atoms with E-state index in [1.807, 2.05) is 12.1 Å². The Balaban J connectivity index is 1.57. The molecule has 0 amide bonds. The molecule has 0 bridgehead atoms. The van der Waals surface area contributed by atoms with Crippen molar-refractivity contribution >= 4 is 32.9 Å². The second-order valence-electron chi connectivity index (χ2n) is 6.19. The van der Waals surface area contributed by atoms with Crippen molar-refractivity contribution < 1.29 is 4.42 Å². The van der Waals surface area contributed by atoms with Crippen molar-refractivity contribution in [1.82, 2.24) is 14.9 Å². The molecular formula is C18H20N4OS. The van der Waals surface area contributed by atoms with Crippen molar-refractivity contribution in [2.75, 3.05) is 18.8 Å². The van der Waals surface area contributed by atoms with Crippen molar-refractivity contribution in [2.24, 2.45) is 0 Å². The summed E-state index contributed by atoms with van der Waals surface area (Å²) in [5.74, 6) is 2.33. The zero-order valence-corrected chi connectivity index (χ0v) is 14.7. The van der Waals surface area contributed by atoms with Crippen LogP contribution in [-0.4, -0.2) is 28.0 Å². The average Bonchev–Trinajstić information content (AvgIpc) is 3.17. The number of hydrogen-bond acceptors (Lipinski definition) is 6. The van der Waals surface area contributed by atoms with Crippen LogP contribution >= 0.6 is 11.3 Å². The Labute approximate surface area is 144 Å². The van der Waals surface area contributed by atoms with E-state index >= 15 is 0 Å². The predicted octanol–water partition coefficient (Wildman–Crippen LogP) is 3.77. The first-order chi connectivity index (χ1) is 11.6. The Hall–Kier alpha value is -2.18. The monoisotopic (exact) mass is 340 g/mol. The Morgan fingerprint density at radius 3 is 3.00 bits per heavy atom. The summed E-state index contributed by atoms with van der Waals surface area (Å²) in [5.41, 5.74) is 8.61. The summed E-state index contributed by atoms with van der Waals surface area (Å²) in [6.07, 6.45) is 4.97. The Kier molecular flexibility index (Phi) is 3.86. The third-order valence-corrected chi connectivity index (χ3v) is 5.64. The zero-order valence-electron chi connectivity index (χ0n) is 13.9. The lowest BCUT2D eigenvalue weighted by atomic mass is 10.1. The van der Waals surface area contributed by atoms with Crippen LogP contribution in [0.2, 0.25) is 0 Å². The van der Waals surface area contributed by atoms with Crippen molar-refractivity contribution in [3.63, 3.8) is 0 Å². The van der Waals surface area contributed by atoms with Crippen molar-refractivity contribution in [3.8, 4) is 0 Å². The molecule has 4 rings (SSSR count). The van der Waals surface area contributed by atoms with Gasteiger partial charge in [0.15, 0.2) is 0 Å². The number of aromatic nitrogens is 2. The zero-order chi connectivity index (χ0) is 16.7. The quantitative estimate of drug-likeness (QED) is 0.786. The largest absolute Gasteiger partial charge is 0.465 e. The van der Waals surface area contributed by atoms with Gasteiger partial charge in [-0.1, -0.05) is 6.08 Å². The highest BCUT2D eigenvalue weighted by molar-refractivity contribution is 7.18. The minimum Gasteiger partial charge on any atom is -0.465 e. The maximum Gasteiger partial charge on any atom is 0.146 e. The first-order valence-corrected chi connectivity index (χ1v) is 8.91. The Bertz CT molecular complexity index is 911. The first-order valence-electron chi connectivity index (χ1n) is 8.09. The molecule has 124 valence electrons. The van der Waals surface area contributed by atoms with Crippen LogP contribution in [0.3, 0.4) is 0 Å². The van der Waals surface area contributed by atoms with Gasteiger partial charge in [-0.2, -0.15) is 0 Å². The lowest BCUT2D eigenvalue weighted by Gasteiger charge is -2.25. The minimum absolute atomic E-state index is 0.593. The van der Waals surface area contributed by atoms with Gasteiger partial charge in [0.1, 0.15) is 22.2 Å². The fourth-order valence-electron chi connectivity index (χ4n) is 3.18. The fraction of sp³-hybridized carbons (Fsp3) is 0.333. The highest BCUT2D eigenvalue weighted by atomic mass is 32.1. The van der Waals surface area contributed by atoms with E-state index in [0.717, 1.165) is 41.3 Å². The summed E-state index contributed by atoms with van der Waals surface area (Å²) in [6.45, 7) is 6.73. The van der Waals surface area contributed by atoms with E-state index in [4.69, 9.17) is 15.1 Å². The van der Waals surface area contributed by atoms with Gasteiger partial charge in [0, 0.05) is 23.5 Å². The second kappa shape index (κ2) is 6.03. The minimum atomic E-state index is 0.593. The number of nitrogens with two attached hydrogens (primary N) is 1. The number of hydrogen-bond donors (Lipinski definition) is 1. The Morgan fingerprint density at radius 1 is 1.33 bits per heavy atom. The smallest absolute Gasteiger partial charge is 0.146 e. The SMILES string of the molecule is Cc1sc2nc(CN3CCC=C(c4ccco4)C3)nc(N)c2c1C. The van der Waals surface area contributed by atoms with Crippen LogP contribution in [0.4, 0.5) is 5.82 Å². The van der Waals surface area contributed by atoms with Crippen molar-refractivity contribution in [2.45, 2.75) is 26.8 Å². The van der Waals surface area contributed by atoms with Gasteiger partial charge in [-0.15, -0.1) is 11.3 Å². The Morgan fingerprint density at radius 2 is 2.21 bits per heavy atom. The molecule has 0 saturated carbocycles. The van der Waals surface area contributed by atoms with E-state index in [9.17, 15) is 0 Å². The summed E-state index contributed by atoms with van der Waals surface area (Å²) < 4.78 is 5.52. The molecule has 0 aromatic carbocycles. The molecule has 3 aromatic rings. The van der Waals surface area contributed by atoms with Crippen molar-refractivity contribution in [3.05, 3.63) is 46.5 Å². The van der Waals surface area contributed by atoms with E-state index in [2.05, 4.69) is 29.8 Å². The lowest BCUT2D eigenvalue weighted by Crippen LogP contribution is -2.29. The van der Waals surface area contributed by atoms with Crippen LogP contribution in [0.1, 0.15) is 28.4 Å². The van der Waals surface area contributed by atoms with Gasteiger partial charge in [-0.05, 0) is 38.0 Å². The number of thiophene rings is 1. The molecule has 24 heavy (non-hydrogen) atoms. The molecule has 0 saturated heterocycles. The van der Waals surface area contributed by atoms with Crippen molar-refractivity contribution in [1.29, 1.82) is 0 Å². The van der Waals surface area contributed by atoms with Gasteiger partial charge in [0.25, 0.3) is 0 Å². The van der Waals surface area contributed by atoms with Crippen LogP contribution < -0.4 is 5.73 Å². The molecule has 0 aliphatic carbocycles. The number of rotatable bonds is 3. The predicted molar refractivity (Wildman–Crippen MR) is 97.9 cm³/mol. The number of furan rings is 1. The van der Waals surface area contributed by atoms with E-state index < -0.39 is 0 Å². The second-order valence-corrected chi connectivity index (χ2v) is 7.40. The molecule has 0 spiro atoms. The molecule has 1 aliphatic heterocycles. The van der Waals surface area contributed by atoms with Crippen LogP contribution in [0.15, 0.2) is 28.9 Å². The summed E-state index contributed by atoms with van der Waals surface area (Å²) in [5, 5.41) is 1.01. The molecule has 0 atom stereocenters. The summed E-state index contributed by atoms with van der Waals surface area (Å²) >= 11 is 1.69. The number of aryl methyl sites for hydroxylation is 2. The molecule has 0 unspecified atom stereocenters. The van der Waals surface area contributed by atoms with Gasteiger partial charge < -0.3 is 10.2 Å². The fourth-order valence-corrected chi connectivity index (χ4v) is 4.23. The van der Waals surface area contributed by atoms with Gasteiger partial charge in [0.2, 0.25) is 0 Å². The lowest BCUT2D eigenvalue weighted by molar-refractivity contribution is 0.287. The van der Waals surface area contributed by atoms with Crippen LogP contribution in [-0.2, 0) is 6.54 Å². The van der Waals surface area contributed by atoms with Gasteiger partial charge >= 0.3 is 0 Å². The summed E-state index contributed by atoms with van der Waals surface area (Å²) in [7, 11) is 0. The van der Waals surface area contributed by atoms with Gasteiger partial charge in [0.05, 0.1) is 18.2 Å². The first kappa shape index (κ1) is 15.4. The van der Waals surface area contributed by atoms with Crippen LogP contribution in [0.25, 0.3) is 15.8 Å². The molecule has 2 N–H and O–H groups in total. The molecule has 4 heterocycles. The standard InChI is InChI=1S/C18H20N4OS/c1-11-12(2)24-18-16(11)17(19)20-15(21-18)10-22-7-3-5-13(9-22)14-6-4-8-23-14/h4-6,8H,3,7,9-10H2,1-2H3,(H2,19,20,21). The van der Waals surface area contributed by atoms with Gasteiger partial charge in [-0.3, -0.25) is 4.90 Å². The molecule has 0 fully saturated rings. The maximum absolute atomic E-state index is 6.19. The molecule has 1 aliphatic rings. The van der Waals surface area contributed by atoms with E-state index in [-0.39, 0.29) is 0 Å². The van der Waals surface area contributed by atoms with E-state index in [0.29, 0.717) is 12.4 Å². The third-order valence-electron chi connectivity index (χ3n) is 4.54. The summed E-state index contributed by atoms with van der Waals surface area (Å²) in [6, 6.07) is 3.93. The molecular weight excluding hydrogens is 320 g/mol. The number of fused-ring (bicyclic) bond motifs is 1. The van der Waals surface area contributed by atoms with Crippen LogP contribution in [0, 0.1) is 13.8 Å². The number of nitrogen functional groups attached to an aromatic ring is 1. The molecule has 5 nitrogen and oxygen atoms in total. The maximum atomic E-state index is 6.19. The number of nitrogens with zero attached hydrogens (tertiary/aromatic N) is 3. The molecule has 6 heteroatoms. The summed E-state index contributed by atoms with van der Waals surface area (Å²) in [4.78, 5) is 13.9. The highest BCUT2D eigenvalue weighted by Crippen LogP contribution is 2.32. The topological polar surface area (TPSA) is 68.2 Å².